The molecule has 1 aromatic carbocycles. The Kier molecular flexibility index (Phi) is 3.36. The largest absolute Gasteiger partial charge is 0.348 e. The van der Waals surface area contributed by atoms with Gasteiger partial charge in [0.05, 0.1) is 0 Å². The van der Waals surface area contributed by atoms with Gasteiger partial charge in [-0.05, 0) is 75.4 Å². The van der Waals surface area contributed by atoms with Crippen LogP contribution in [0.4, 0.5) is 0 Å². The number of rotatable bonds is 2. The lowest BCUT2D eigenvalue weighted by Gasteiger charge is -2.22. The first kappa shape index (κ1) is 12.7. The Morgan fingerprint density at radius 1 is 1.32 bits per heavy atom. The molecular weight excluding hydrogens is 232 g/mol. The molecule has 0 amide bonds. The highest BCUT2D eigenvalue weighted by atomic mass is 14.9. The maximum absolute atomic E-state index is 3.51. The molecule has 2 aromatic rings. The maximum atomic E-state index is 3.51. The number of nitrogens with zero attached hydrogens (tertiary/aromatic N) is 1. The van der Waals surface area contributed by atoms with Crippen LogP contribution in [-0.4, -0.2) is 17.7 Å². The van der Waals surface area contributed by atoms with Crippen LogP contribution in [0.15, 0.2) is 18.2 Å². The predicted octanol–water partition coefficient (Wildman–Crippen LogP) is 3.34. The summed E-state index contributed by atoms with van der Waals surface area (Å²) in [6, 6.07) is 7.02. The molecule has 0 saturated carbocycles. The van der Waals surface area contributed by atoms with E-state index in [2.05, 4.69) is 49.0 Å². The van der Waals surface area contributed by atoms with Crippen molar-refractivity contribution in [2.75, 3.05) is 13.1 Å². The molecular formula is C17H24N2. The number of aromatic nitrogens is 1. The zero-order valence-corrected chi connectivity index (χ0v) is 12.3. The third kappa shape index (κ3) is 2.30. The molecule has 1 N–H and O–H groups in total. The Morgan fingerprint density at radius 3 is 2.89 bits per heavy atom. The van der Waals surface area contributed by atoms with Crippen molar-refractivity contribution in [3.63, 3.8) is 0 Å². The van der Waals surface area contributed by atoms with Gasteiger partial charge in [-0.3, -0.25) is 0 Å². The molecule has 1 saturated heterocycles. The Morgan fingerprint density at radius 2 is 2.16 bits per heavy atom. The average Bonchev–Trinajstić information content (AvgIpc) is 2.65. The van der Waals surface area contributed by atoms with Crippen molar-refractivity contribution >= 4 is 10.9 Å². The fourth-order valence-electron chi connectivity index (χ4n) is 3.36. The van der Waals surface area contributed by atoms with Gasteiger partial charge in [0.15, 0.2) is 0 Å². The van der Waals surface area contributed by atoms with E-state index in [0.29, 0.717) is 0 Å². The summed E-state index contributed by atoms with van der Waals surface area (Å²) in [5, 5.41) is 4.94. The fraction of sp³-hybridized carbons (Fsp3) is 0.529. The van der Waals surface area contributed by atoms with Crippen molar-refractivity contribution in [3.05, 3.63) is 35.0 Å². The third-order valence-electron chi connectivity index (χ3n) is 4.80. The van der Waals surface area contributed by atoms with Crippen LogP contribution >= 0.6 is 0 Å². The van der Waals surface area contributed by atoms with Crippen LogP contribution in [-0.2, 0) is 13.5 Å². The zero-order chi connectivity index (χ0) is 13.4. The van der Waals surface area contributed by atoms with E-state index in [-0.39, 0.29) is 0 Å². The quantitative estimate of drug-likeness (QED) is 0.872. The van der Waals surface area contributed by atoms with E-state index in [9.17, 15) is 0 Å². The topological polar surface area (TPSA) is 17.0 Å². The summed E-state index contributed by atoms with van der Waals surface area (Å²) in [4.78, 5) is 0. The van der Waals surface area contributed by atoms with Gasteiger partial charge in [0, 0.05) is 23.6 Å². The molecule has 102 valence electrons. The standard InChI is InChI=1S/C17H24N2/c1-12-13(2)19(3)17-7-6-14(10-16(12)17)9-15-5-4-8-18-11-15/h6-7,10,15,18H,4-5,8-9,11H2,1-3H3. The summed E-state index contributed by atoms with van der Waals surface area (Å²) < 4.78 is 2.30. The fourth-order valence-corrected chi connectivity index (χ4v) is 3.36. The summed E-state index contributed by atoms with van der Waals surface area (Å²) in [5.74, 6) is 0.816. The molecule has 0 bridgehead atoms. The van der Waals surface area contributed by atoms with Crippen LogP contribution in [0.5, 0.6) is 0 Å². The van der Waals surface area contributed by atoms with Crippen LogP contribution < -0.4 is 5.32 Å². The van der Waals surface area contributed by atoms with E-state index in [1.54, 1.807) is 0 Å². The number of piperidine rings is 1. The molecule has 0 radical (unpaired) electrons. The molecule has 19 heavy (non-hydrogen) atoms. The number of hydrogen-bond acceptors (Lipinski definition) is 1. The molecule has 1 aliphatic rings. The van der Waals surface area contributed by atoms with Gasteiger partial charge in [-0.25, -0.2) is 0 Å². The highest BCUT2D eigenvalue weighted by molar-refractivity contribution is 5.85. The van der Waals surface area contributed by atoms with E-state index >= 15 is 0 Å². The number of fused-ring (bicyclic) bond motifs is 1. The van der Waals surface area contributed by atoms with E-state index < -0.39 is 0 Å². The highest BCUT2D eigenvalue weighted by Crippen LogP contribution is 2.26. The second kappa shape index (κ2) is 5.01. The lowest BCUT2D eigenvalue weighted by molar-refractivity contribution is 0.376. The average molecular weight is 256 g/mol. The first-order valence-electron chi connectivity index (χ1n) is 7.42. The Bertz CT molecular complexity index is 589. The first-order valence-corrected chi connectivity index (χ1v) is 7.42. The second-order valence-corrected chi connectivity index (χ2v) is 6.04. The lowest BCUT2D eigenvalue weighted by Crippen LogP contribution is -2.30. The number of nitrogens with one attached hydrogen (secondary N) is 1. The monoisotopic (exact) mass is 256 g/mol. The van der Waals surface area contributed by atoms with Gasteiger partial charge in [0.2, 0.25) is 0 Å². The van der Waals surface area contributed by atoms with E-state index in [1.807, 2.05) is 0 Å². The van der Waals surface area contributed by atoms with Crippen LogP contribution in [0.1, 0.15) is 29.7 Å². The number of benzene rings is 1. The minimum Gasteiger partial charge on any atom is -0.348 e. The number of aryl methyl sites for hydroxylation is 2. The van der Waals surface area contributed by atoms with E-state index in [0.717, 1.165) is 5.92 Å². The van der Waals surface area contributed by atoms with Crippen LogP contribution in [0, 0.1) is 19.8 Å². The minimum absolute atomic E-state index is 0.816. The molecule has 2 nitrogen and oxygen atoms in total. The van der Waals surface area contributed by atoms with Gasteiger partial charge in [-0.1, -0.05) is 6.07 Å². The molecule has 1 fully saturated rings. The summed E-state index contributed by atoms with van der Waals surface area (Å²) in [6.07, 6.45) is 3.92. The van der Waals surface area contributed by atoms with Crippen molar-refractivity contribution in [2.24, 2.45) is 13.0 Å². The Labute approximate surface area is 115 Å². The van der Waals surface area contributed by atoms with Crippen molar-refractivity contribution in [1.82, 2.24) is 9.88 Å². The second-order valence-electron chi connectivity index (χ2n) is 6.04. The van der Waals surface area contributed by atoms with Gasteiger partial charge in [0.25, 0.3) is 0 Å². The molecule has 2 heteroatoms. The molecule has 3 rings (SSSR count). The van der Waals surface area contributed by atoms with Crippen LogP contribution in [0.25, 0.3) is 10.9 Å². The van der Waals surface area contributed by atoms with Gasteiger partial charge in [-0.15, -0.1) is 0 Å². The predicted molar refractivity (Wildman–Crippen MR) is 81.7 cm³/mol. The van der Waals surface area contributed by atoms with Gasteiger partial charge >= 0.3 is 0 Å². The molecule has 0 spiro atoms. The summed E-state index contributed by atoms with van der Waals surface area (Å²) >= 11 is 0. The first-order chi connectivity index (χ1) is 9.16. The van der Waals surface area contributed by atoms with Crippen LogP contribution in [0.3, 0.4) is 0 Å². The Hall–Kier alpha value is -1.28. The smallest absolute Gasteiger partial charge is 0.0482 e. The van der Waals surface area contributed by atoms with Gasteiger partial charge in [-0.2, -0.15) is 0 Å². The van der Waals surface area contributed by atoms with Crippen molar-refractivity contribution in [3.8, 4) is 0 Å². The minimum atomic E-state index is 0.816. The van der Waals surface area contributed by atoms with E-state index in [4.69, 9.17) is 0 Å². The lowest BCUT2D eigenvalue weighted by atomic mass is 9.92. The molecule has 1 atom stereocenters. The van der Waals surface area contributed by atoms with Crippen molar-refractivity contribution in [1.29, 1.82) is 0 Å². The van der Waals surface area contributed by atoms with Crippen molar-refractivity contribution in [2.45, 2.75) is 33.1 Å². The van der Waals surface area contributed by atoms with Gasteiger partial charge in [0.1, 0.15) is 0 Å². The van der Waals surface area contributed by atoms with E-state index in [1.165, 1.54) is 60.1 Å². The maximum Gasteiger partial charge on any atom is 0.0482 e. The number of hydrogen-bond donors (Lipinski definition) is 1. The van der Waals surface area contributed by atoms with Crippen LogP contribution in [0.2, 0.25) is 0 Å². The Balaban J connectivity index is 1.90. The van der Waals surface area contributed by atoms with Crippen molar-refractivity contribution < 1.29 is 0 Å². The summed E-state index contributed by atoms with van der Waals surface area (Å²) in [7, 11) is 2.16. The summed E-state index contributed by atoms with van der Waals surface area (Å²) in [6.45, 7) is 6.83. The normalized spacial score (nSPS) is 20.1. The molecule has 1 unspecified atom stereocenters. The molecule has 2 heterocycles. The van der Waals surface area contributed by atoms with Gasteiger partial charge < -0.3 is 9.88 Å². The third-order valence-corrected chi connectivity index (χ3v) is 4.80. The summed E-state index contributed by atoms with van der Waals surface area (Å²) in [5.41, 5.74) is 5.67. The highest BCUT2D eigenvalue weighted by Gasteiger charge is 2.15. The molecule has 1 aromatic heterocycles. The zero-order valence-electron chi connectivity index (χ0n) is 12.3. The molecule has 0 aliphatic carbocycles. The SMILES string of the molecule is Cc1c(C)n(C)c2ccc(CC3CCCNC3)cc12. The molecule has 1 aliphatic heterocycles.